The van der Waals surface area contributed by atoms with Crippen molar-refractivity contribution < 1.29 is 26.7 Å². The molecule has 0 aromatic carbocycles. The van der Waals surface area contributed by atoms with Crippen molar-refractivity contribution in [2.45, 2.75) is 38.4 Å². The van der Waals surface area contributed by atoms with Crippen molar-refractivity contribution >= 4 is 34.8 Å². The average molecular weight is 531 g/mol. The van der Waals surface area contributed by atoms with Gasteiger partial charge in [0.1, 0.15) is 33.3 Å². The first-order chi connectivity index (χ1) is 16.9. The molecule has 2 aromatic rings. The maximum atomic E-state index is 14.7. The summed E-state index contributed by atoms with van der Waals surface area (Å²) in [7, 11) is 0. The van der Waals surface area contributed by atoms with Crippen molar-refractivity contribution in [1.82, 2.24) is 19.8 Å². The Labute approximate surface area is 206 Å². The molecule has 0 radical (unpaired) electrons. The lowest BCUT2D eigenvalue weighted by Crippen LogP contribution is -2.37. The molecule has 1 fully saturated rings. The molecule has 8 nitrogen and oxygen atoms in total. The third-order valence-electron chi connectivity index (χ3n) is 5.32. The van der Waals surface area contributed by atoms with Gasteiger partial charge in [0.15, 0.2) is 5.57 Å². The fourth-order valence-corrected chi connectivity index (χ4v) is 4.70. The van der Waals surface area contributed by atoms with Gasteiger partial charge >= 0.3 is 12.1 Å². The van der Waals surface area contributed by atoms with E-state index in [1.807, 2.05) is 0 Å². The Morgan fingerprint density at radius 3 is 2.56 bits per heavy atom. The van der Waals surface area contributed by atoms with Crippen LogP contribution < -0.4 is 25.4 Å². The summed E-state index contributed by atoms with van der Waals surface area (Å²) < 4.78 is 67.7. The van der Waals surface area contributed by atoms with Gasteiger partial charge in [-0.2, -0.15) is 27.2 Å². The lowest BCUT2D eigenvalue weighted by molar-refractivity contribution is -0.135. The highest BCUT2D eigenvalue weighted by atomic mass is 32.1. The molecule has 0 unspecified atom stereocenters. The first kappa shape index (κ1) is 27.3. The molecule has 1 saturated heterocycles. The van der Waals surface area contributed by atoms with Gasteiger partial charge in [-0.15, -0.1) is 11.3 Å². The van der Waals surface area contributed by atoms with Crippen LogP contribution in [0.15, 0.2) is 23.0 Å². The number of thiazole rings is 1. The molecule has 14 heteroatoms. The molecule has 0 saturated carbocycles. The topological polar surface area (TPSA) is 103 Å². The number of hydrogen-bond acceptors (Lipinski definition) is 7. The number of halogens is 5. The Kier molecular flexibility index (Phi) is 8.47. The normalized spacial score (nSPS) is 16.1. The van der Waals surface area contributed by atoms with Gasteiger partial charge in [-0.25, -0.2) is 4.98 Å². The number of alkyl halides is 5. The number of pyridine rings is 1. The second-order valence-corrected chi connectivity index (χ2v) is 9.02. The number of nitrogens with zero attached hydrogens (tertiary/aromatic N) is 4. The predicted octanol–water partition coefficient (Wildman–Crippen LogP) is 1.72. The molecule has 0 bridgehead atoms. The Morgan fingerprint density at radius 2 is 1.94 bits per heavy atom. The van der Waals surface area contributed by atoms with Gasteiger partial charge in [-0.3, -0.25) is 19.1 Å². The fraction of sp³-hybridized carbons (Fsp3) is 0.455. The summed E-state index contributed by atoms with van der Waals surface area (Å²) in [4.78, 5) is 30.5. The summed E-state index contributed by atoms with van der Waals surface area (Å²) in [5, 5.41) is 13.7. The number of likely N-dealkylation sites (tertiary alicyclic amines) is 1. The molecule has 1 aliphatic rings. The van der Waals surface area contributed by atoms with Crippen molar-refractivity contribution in [2.24, 2.45) is 0 Å². The van der Waals surface area contributed by atoms with Crippen LogP contribution in [0.4, 0.5) is 27.8 Å². The summed E-state index contributed by atoms with van der Waals surface area (Å²) in [5.74, 6) is -4.42. The van der Waals surface area contributed by atoms with Crippen molar-refractivity contribution in [1.29, 1.82) is 5.26 Å². The number of aromatic nitrogens is 2. The molecule has 194 valence electrons. The van der Waals surface area contributed by atoms with E-state index in [4.69, 9.17) is 0 Å². The molecule has 2 aromatic heterocycles. The van der Waals surface area contributed by atoms with Crippen LogP contribution in [0.5, 0.6) is 0 Å². The molecule has 3 heterocycles. The summed E-state index contributed by atoms with van der Waals surface area (Å²) in [5.41, 5.74) is -1.70. The van der Waals surface area contributed by atoms with Gasteiger partial charge in [0, 0.05) is 12.7 Å². The molecular weight excluding hydrogens is 507 g/mol. The van der Waals surface area contributed by atoms with Crippen LogP contribution in [-0.2, 0) is 17.3 Å². The van der Waals surface area contributed by atoms with Gasteiger partial charge in [-0.05, 0) is 45.0 Å². The van der Waals surface area contributed by atoms with Crippen molar-refractivity contribution in [3.05, 3.63) is 43.4 Å². The molecule has 0 atom stereocenters. The Balaban J connectivity index is 1.90. The number of hydrogen-bond donors (Lipinski definition) is 2. The minimum atomic E-state index is -4.67. The largest absolute Gasteiger partial charge is 0.405 e. The van der Waals surface area contributed by atoms with E-state index in [9.17, 15) is 36.8 Å². The van der Waals surface area contributed by atoms with Gasteiger partial charge < -0.3 is 10.6 Å². The molecule has 2 N–H and O–H groups in total. The van der Waals surface area contributed by atoms with E-state index < -0.39 is 47.9 Å². The van der Waals surface area contributed by atoms with Crippen LogP contribution in [0.2, 0.25) is 0 Å². The highest BCUT2D eigenvalue weighted by Gasteiger charge is 2.36. The van der Waals surface area contributed by atoms with Crippen molar-refractivity contribution in [3.8, 4) is 6.07 Å². The number of amides is 1. The smallest absolute Gasteiger partial charge is 0.345 e. The van der Waals surface area contributed by atoms with E-state index in [1.54, 1.807) is 23.2 Å². The van der Waals surface area contributed by atoms with Crippen LogP contribution in [0.25, 0.3) is 11.8 Å². The minimum absolute atomic E-state index is 0.000693. The maximum Gasteiger partial charge on any atom is 0.405 e. The summed E-state index contributed by atoms with van der Waals surface area (Å²) in [6.45, 7) is 0.705. The standard InChI is InChI=1S/C22H23F5N6O2S/c1-2-33-19(35)15(36-20(33)14(10-28)18(34)30-12-22(25,26)27)11-29-17-7-5-6-16(31-17)21(23,24)13-32-8-3-4-9-32/h5-7,11H,2-4,8-9,12-13H2,1H3,(H,29,31)(H,30,34)/b15-11+,20-14-. The zero-order valence-electron chi connectivity index (χ0n) is 19.2. The first-order valence-electron chi connectivity index (χ1n) is 11.0. The van der Waals surface area contributed by atoms with Gasteiger partial charge in [-0.1, -0.05) is 6.07 Å². The fourth-order valence-electron chi connectivity index (χ4n) is 3.62. The van der Waals surface area contributed by atoms with Crippen molar-refractivity contribution in [2.75, 3.05) is 31.5 Å². The average Bonchev–Trinajstić information content (AvgIpc) is 3.43. The number of rotatable bonds is 8. The van der Waals surface area contributed by atoms with Gasteiger partial charge in [0.2, 0.25) is 0 Å². The SMILES string of the molecule is CCn1c(=O)/c(=C\Nc2cccc(C(F)(F)CN3CCCC3)n2)s/c1=C(/C#N)C(=O)NCC(F)(F)F. The summed E-state index contributed by atoms with van der Waals surface area (Å²) in [6.07, 6.45) is -1.75. The Morgan fingerprint density at radius 1 is 1.25 bits per heavy atom. The molecule has 0 spiro atoms. The third-order valence-corrected chi connectivity index (χ3v) is 6.45. The monoisotopic (exact) mass is 530 g/mol. The summed E-state index contributed by atoms with van der Waals surface area (Å²) >= 11 is 0.704. The minimum Gasteiger partial charge on any atom is -0.345 e. The van der Waals surface area contributed by atoms with Crippen LogP contribution in [0, 0.1) is 11.3 Å². The van der Waals surface area contributed by atoms with Gasteiger partial charge in [0.05, 0.1) is 6.54 Å². The number of carbonyl (C=O) groups excluding carboxylic acids is 1. The quantitative estimate of drug-likeness (QED) is 0.504. The highest BCUT2D eigenvalue weighted by Crippen LogP contribution is 2.29. The Hall–Kier alpha value is -3.31. The second kappa shape index (κ2) is 11.2. The third kappa shape index (κ3) is 6.67. The Bertz CT molecular complexity index is 1320. The summed E-state index contributed by atoms with van der Waals surface area (Å²) in [6, 6.07) is 5.58. The lowest BCUT2D eigenvalue weighted by atomic mass is 10.2. The predicted molar refractivity (Wildman–Crippen MR) is 123 cm³/mol. The van der Waals surface area contributed by atoms with Crippen LogP contribution in [0.3, 0.4) is 0 Å². The van der Waals surface area contributed by atoms with Crippen molar-refractivity contribution in [3.63, 3.8) is 0 Å². The number of carbonyl (C=O) groups is 1. The molecule has 1 aliphatic heterocycles. The van der Waals surface area contributed by atoms with Crippen LogP contribution >= 0.6 is 11.3 Å². The molecule has 3 rings (SSSR count). The van der Waals surface area contributed by atoms with Crippen LogP contribution in [0.1, 0.15) is 25.5 Å². The number of anilines is 1. The molecule has 0 aliphatic carbocycles. The van der Waals surface area contributed by atoms with E-state index in [-0.39, 0.29) is 21.6 Å². The molecule has 36 heavy (non-hydrogen) atoms. The van der Waals surface area contributed by atoms with E-state index >= 15 is 0 Å². The second-order valence-electron chi connectivity index (χ2n) is 7.99. The van der Waals surface area contributed by atoms with Gasteiger partial charge in [0.25, 0.3) is 11.5 Å². The van der Waals surface area contributed by atoms with E-state index in [0.29, 0.717) is 24.4 Å². The lowest BCUT2D eigenvalue weighted by Gasteiger charge is -2.22. The maximum absolute atomic E-state index is 14.7. The number of nitriles is 1. The van der Waals surface area contributed by atoms with E-state index in [2.05, 4.69) is 10.3 Å². The molecule has 1 amide bonds. The molecular formula is C22H23F5N6O2S. The van der Waals surface area contributed by atoms with Crippen LogP contribution in [-0.4, -0.2) is 52.7 Å². The highest BCUT2D eigenvalue weighted by molar-refractivity contribution is 7.07. The zero-order valence-corrected chi connectivity index (χ0v) is 20.0. The van der Waals surface area contributed by atoms with E-state index in [0.717, 1.165) is 17.4 Å². The zero-order chi connectivity index (χ0) is 26.5. The van der Waals surface area contributed by atoms with E-state index in [1.165, 1.54) is 24.4 Å². The first-order valence-corrected chi connectivity index (χ1v) is 11.8. The number of nitrogens with one attached hydrogen (secondary N) is 2.